The quantitative estimate of drug-likeness (QED) is 0.872. The van der Waals surface area contributed by atoms with E-state index in [0.29, 0.717) is 5.41 Å². The summed E-state index contributed by atoms with van der Waals surface area (Å²) < 4.78 is 6.05. The molecule has 0 aromatic carbocycles. The summed E-state index contributed by atoms with van der Waals surface area (Å²) in [6.45, 7) is 1.80. The minimum Gasteiger partial charge on any atom is -0.385 e. The van der Waals surface area contributed by atoms with Crippen LogP contribution in [0.25, 0.3) is 0 Å². The molecule has 2 rings (SSSR count). The molecule has 1 aliphatic carbocycles. The molecule has 1 heterocycles. The summed E-state index contributed by atoms with van der Waals surface area (Å²) in [5.74, 6) is 0.874. The third kappa shape index (κ3) is 2.92. The third-order valence-corrected chi connectivity index (χ3v) is 3.67. The maximum Gasteiger partial charge on any atom is 0.143 e. The summed E-state index contributed by atoms with van der Waals surface area (Å²) in [4.78, 5) is 8.13. The second kappa shape index (κ2) is 5.10. The van der Waals surface area contributed by atoms with E-state index in [1.165, 1.54) is 12.8 Å². The average Bonchev–Trinajstić information content (AvgIpc) is 3.06. The molecular weight excluding hydrogens is 270 g/mol. The summed E-state index contributed by atoms with van der Waals surface area (Å²) in [6, 6.07) is 0. The molecule has 0 aliphatic heterocycles. The number of aromatic nitrogens is 2. The second-order valence-electron chi connectivity index (χ2n) is 4.32. The van der Waals surface area contributed by atoms with E-state index in [0.717, 1.165) is 29.9 Å². The zero-order valence-electron chi connectivity index (χ0n) is 9.37. The molecule has 1 N–H and O–H groups in total. The number of nitrogens with zero attached hydrogens (tertiary/aromatic N) is 2. The highest BCUT2D eigenvalue weighted by atomic mass is 79.9. The number of hydrogen-bond acceptors (Lipinski definition) is 4. The normalized spacial score (nSPS) is 17.1. The summed E-state index contributed by atoms with van der Waals surface area (Å²) in [6.07, 6.45) is 7.00. The van der Waals surface area contributed by atoms with Gasteiger partial charge < -0.3 is 10.1 Å². The van der Waals surface area contributed by atoms with Crippen molar-refractivity contribution in [3.63, 3.8) is 0 Å². The molecule has 0 radical (unpaired) electrons. The Kier molecular flexibility index (Phi) is 3.76. The highest BCUT2D eigenvalue weighted by molar-refractivity contribution is 9.10. The minimum atomic E-state index is 0.431. The van der Waals surface area contributed by atoms with Crippen molar-refractivity contribution in [3.05, 3.63) is 17.0 Å². The molecule has 0 amide bonds. The van der Waals surface area contributed by atoms with E-state index < -0.39 is 0 Å². The highest BCUT2D eigenvalue weighted by Crippen LogP contribution is 2.48. The molecule has 0 saturated heterocycles. The van der Waals surface area contributed by atoms with Crippen LogP contribution in [0.3, 0.4) is 0 Å². The second-order valence-corrected chi connectivity index (χ2v) is 5.17. The van der Waals surface area contributed by atoms with Crippen LogP contribution in [-0.2, 0) is 4.74 Å². The fourth-order valence-corrected chi connectivity index (χ4v) is 2.09. The van der Waals surface area contributed by atoms with Crippen molar-refractivity contribution >= 4 is 21.7 Å². The zero-order chi connectivity index (χ0) is 11.4. The molecule has 4 nitrogen and oxygen atoms in total. The molecule has 0 bridgehead atoms. The van der Waals surface area contributed by atoms with E-state index in [-0.39, 0.29) is 0 Å². The molecule has 16 heavy (non-hydrogen) atoms. The van der Waals surface area contributed by atoms with Crippen molar-refractivity contribution in [3.8, 4) is 0 Å². The van der Waals surface area contributed by atoms with Crippen LogP contribution >= 0.6 is 15.9 Å². The van der Waals surface area contributed by atoms with Gasteiger partial charge in [0, 0.05) is 26.5 Å². The SMILES string of the molecule is COCCC1(CNc2ncncc2Br)CC1. The molecule has 1 aliphatic rings. The Labute approximate surface area is 104 Å². The Balaban J connectivity index is 1.85. The molecule has 1 aromatic rings. The third-order valence-electron chi connectivity index (χ3n) is 3.09. The fraction of sp³-hybridized carbons (Fsp3) is 0.636. The number of ether oxygens (including phenoxy) is 1. The zero-order valence-corrected chi connectivity index (χ0v) is 11.0. The van der Waals surface area contributed by atoms with Gasteiger partial charge in [-0.1, -0.05) is 0 Å². The summed E-state index contributed by atoms with van der Waals surface area (Å²) in [7, 11) is 1.75. The molecular formula is C11H16BrN3O. The summed E-state index contributed by atoms with van der Waals surface area (Å²) in [5.41, 5.74) is 0.431. The molecule has 0 spiro atoms. The van der Waals surface area contributed by atoms with Crippen molar-refractivity contribution in [2.45, 2.75) is 19.3 Å². The monoisotopic (exact) mass is 285 g/mol. The Bertz CT molecular complexity index is 355. The Hall–Kier alpha value is -0.680. The van der Waals surface area contributed by atoms with E-state index in [1.54, 1.807) is 19.6 Å². The number of nitrogens with one attached hydrogen (secondary N) is 1. The van der Waals surface area contributed by atoms with E-state index in [2.05, 4.69) is 31.2 Å². The molecule has 1 fully saturated rings. The first kappa shape index (κ1) is 11.8. The molecule has 1 saturated carbocycles. The van der Waals surface area contributed by atoms with E-state index in [9.17, 15) is 0 Å². The van der Waals surface area contributed by atoms with E-state index in [1.807, 2.05) is 0 Å². The number of rotatable bonds is 6. The van der Waals surface area contributed by atoms with Gasteiger partial charge in [0.15, 0.2) is 0 Å². The lowest BCUT2D eigenvalue weighted by Crippen LogP contribution is -2.18. The Morgan fingerprint density at radius 2 is 2.38 bits per heavy atom. The van der Waals surface area contributed by atoms with Gasteiger partial charge in [-0.25, -0.2) is 9.97 Å². The van der Waals surface area contributed by atoms with Crippen LogP contribution in [0, 0.1) is 5.41 Å². The first-order chi connectivity index (χ1) is 7.76. The van der Waals surface area contributed by atoms with Gasteiger partial charge >= 0.3 is 0 Å². The largest absolute Gasteiger partial charge is 0.385 e. The summed E-state index contributed by atoms with van der Waals surface area (Å²) in [5, 5.41) is 3.37. The van der Waals surface area contributed by atoms with Crippen LogP contribution in [0.1, 0.15) is 19.3 Å². The van der Waals surface area contributed by atoms with Gasteiger partial charge in [0.25, 0.3) is 0 Å². The van der Waals surface area contributed by atoms with Crippen LogP contribution in [0.5, 0.6) is 0 Å². The average molecular weight is 286 g/mol. The van der Waals surface area contributed by atoms with Crippen molar-refractivity contribution in [1.82, 2.24) is 9.97 Å². The predicted molar refractivity (Wildman–Crippen MR) is 66.4 cm³/mol. The molecule has 0 atom stereocenters. The van der Waals surface area contributed by atoms with Crippen molar-refractivity contribution in [2.75, 3.05) is 25.6 Å². The Morgan fingerprint density at radius 3 is 3.00 bits per heavy atom. The van der Waals surface area contributed by atoms with Crippen LogP contribution < -0.4 is 5.32 Å². The van der Waals surface area contributed by atoms with Crippen molar-refractivity contribution in [1.29, 1.82) is 0 Å². The molecule has 5 heteroatoms. The first-order valence-electron chi connectivity index (χ1n) is 5.44. The molecule has 88 valence electrons. The maximum atomic E-state index is 5.13. The molecule has 1 aromatic heterocycles. The lowest BCUT2D eigenvalue weighted by molar-refractivity contribution is 0.175. The summed E-state index contributed by atoms with van der Waals surface area (Å²) >= 11 is 3.42. The van der Waals surface area contributed by atoms with Crippen LogP contribution in [0.4, 0.5) is 5.82 Å². The van der Waals surface area contributed by atoms with Gasteiger partial charge in [-0.2, -0.15) is 0 Å². The number of anilines is 1. The lowest BCUT2D eigenvalue weighted by Gasteiger charge is -2.16. The topological polar surface area (TPSA) is 47.0 Å². The predicted octanol–water partition coefficient (Wildman–Crippen LogP) is 2.47. The van der Waals surface area contributed by atoms with Crippen molar-refractivity contribution in [2.24, 2.45) is 5.41 Å². The number of hydrogen-bond donors (Lipinski definition) is 1. The fourth-order valence-electron chi connectivity index (χ4n) is 1.72. The van der Waals surface area contributed by atoms with Crippen LogP contribution in [-0.4, -0.2) is 30.2 Å². The maximum absolute atomic E-state index is 5.13. The van der Waals surface area contributed by atoms with Gasteiger partial charge in [-0.3, -0.25) is 0 Å². The van der Waals surface area contributed by atoms with E-state index >= 15 is 0 Å². The minimum absolute atomic E-state index is 0.431. The van der Waals surface area contributed by atoms with Crippen LogP contribution in [0.15, 0.2) is 17.0 Å². The van der Waals surface area contributed by atoms with Gasteiger partial charge in [0.1, 0.15) is 12.1 Å². The van der Waals surface area contributed by atoms with Gasteiger partial charge in [-0.15, -0.1) is 0 Å². The number of halogens is 1. The van der Waals surface area contributed by atoms with E-state index in [4.69, 9.17) is 4.74 Å². The van der Waals surface area contributed by atoms with Gasteiger partial charge in [-0.05, 0) is 40.6 Å². The Morgan fingerprint density at radius 1 is 1.56 bits per heavy atom. The first-order valence-corrected chi connectivity index (χ1v) is 6.23. The lowest BCUT2D eigenvalue weighted by atomic mass is 10.0. The number of methoxy groups -OCH3 is 1. The molecule has 0 unspecified atom stereocenters. The van der Waals surface area contributed by atoms with Gasteiger partial charge in [0.05, 0.1) is 4.47 Å². The highest BCUT2D eigenvalue weighted by Gasteiger charge is 2.41. The van der Waals surface area contributed by atoms with Gasteiger partial charge in [0.2, 0.25) is 0 Å². The van der Waals surface area contributed by atoms with Crippen LogP contribution in [0.2, 0.25) is 0 Å². The standard InChI is InChI=1S/C11H16BrN3O/c1-16-5-4-11(2-3-11)7-14-10-9(12)6-13-8-15-10/h6,8H,2-5,7H2,1H3,(H,13,14,15). The smallest absolute Gasteiger partial charge is 0.143 e. The van der Waals surface area contributed by atoms with Crippen molar-refractivity contribution < 1.29 is 4.74 Å².